The summed E-state index contributed by atoms with van der Waals surface area (Å²) in [5, 5.41) is 16.6. The summed E-state index contributed by atoms with van der Waals surface area (Å²) in [5.41, 5.74) is 0. The van der Waals surface area contributed by atoms with Gasteiger partial charge in [0.15, 0.2) is 5.92 Å². The molecule has 0 spiro atoms. The highest BCUT2D eigenvalue weighted by atomic mass is 16.4. The van der Waals surface area contributed by atoms with E-state index in [2.05, 4.69) is 13.8 Å². The van der Waals surface area contributed by atoms with E-state index in [0.717, 1.165) is 0 Å². The number of carbonyl (C=O) groups is 2. The summed E-state index contributed by atoms with van der Waals surface area (Å²) >= 11 is 0. The van der Waals surface area contributed by atoms with Crippen LogP contribution in [0.5, 0.6) is 0 Å². The van der Waals surface area contributed by atoms with Gasteiger partial charge in [-0.25, -0.2) is 0 Å². The number of aliphatic carboxylic acids is 2. The van der Waals surface area contributed by atoms with Gasteiger partial charge < -0.3 is 10.2 Å². The molecule has 0 aromatic heterocycles. The molecule has 0 heterocycles. The fraction of sp³-hybridized carbons (Fsp3) is 0.929. The lowest BCUT2D eigenvalue weighted by molar-refractivity contribution is -0.154. The van der Waals surface area contributed by atoms with Crippen LogP contribution in [0.25, 0.3) is 0 Å². The fourth-order valence-electron chi connectivity index (χ4n) is 3.97. The third-order valence-electron chi connectivity index (χ3n) is 6.13. The Morgan fingerprint density at radius 3 is 0.781 bits per heavy atom. The minimum atomic E-state index is -1.26. The van der Waals surface area contributed by atoms with E-state index in [4.69, 9.17) is 10.2 Å². The summed E-state index contributed by atoms with van der Waals surface area (Å²) in [6.45, 7) is 6.35. The van der Waals surface area contributed by atoms with Gasteiger partial charge in [-0.2, -0.15) is 0 Å². The standard InChI is InChI=1S/C22H46.C6H10O4/c1-3-5-7-9-11-13-15-17-19-21-22-20-18-16-14-12-10-8-6-4-2;1-2-3-4(5(7)8)6(9)10/h3-22H2,1-2H3;4H,2-3H2,1H3,(H,7,8)(H,9,10). The molecule has 0 unspecified atom stereocenters. The summed E-state index contributed by atoms with van der Waals surface area (Å²) < 4.78 is 0. The van der Waals surface area contributed by atoms with Crippen molar-refractivity contribution >= 4 is 11.9 Å². The summed E-state index contributed by atoms with van der Waals surface area (Å²) in [5.74, 6) is -3.74. The molecule has 0 fully saturated rings. The second-order valence-corrected chi connectivity index (χ2v) is 9.38. The van der Waals surface area contributed by atoms with Gasteiger partial charge in [0.05, 0.1) is 0 Å². The van der Waals surface area contributed by atoms with E-state index in [1.807, 2.05) is 0 Å². The van der Waals surface area contributed by atoms with E-state index in [1.165, 1.54) is 128 Å². The topological polar surface area (TPSA) is 74.6 Å². The van der Waals surface area contributed by atoms with E-state index >= 15 is 0 Å². The van der Waals surface area contributed by atoms with Crippen molar-refractivity contribution in [3.05, 3.63) is 0 Å². The van der Waals surface area contributed by atoms with Crippen molar-refractivity contribution < 1.29 is 19.8 Å². The van der Waals surface area contributed by atoms with E-state index < -0.39 is 17.9 Å². The zero-order chi connectivity index (χ0) is 24.3. The summed E-state index contributed by atoms with van der Waals surface area (Å²) in [6, 6.07) is 0. The van der Waals surface area contributed by atoms with E-state index in [-0.39, 0.29) is 6.42 Å². The molecule has 0 saturated heterocycles. The van der Waals surface area contributed by atoms with Crippen LogP contribution in [0.4, 0.5) is 0 Å². The molecule has 0 bridgehead atoms. The monoisotopic (exact) mass is 456 g/mol. The SMILES string of the molecule is CCCC(C(=O)O)C(=O)O.CCCCCCCCCCCCCCCCCCCCCC. The predicted octanol–water partition coefficient (Wildman–Crippen LogP) is 9.40. The van der Waals surface area contributed by atoms with E-state index in [9.17, 15) is 9.59 Å². The van der Waals surface area contributed by atoms with Gasteiger partial charge in [-0.1, -0.05) is 156 Å². The van der Waals surface area contributed by atoms with Crippen molar-refractivity contribution in [2.75, 3.05) is 0 Å². The Bertz CT molecular complexity index is 361. The molecule has 0 aromatic carbocycles. The lowest BCUT2D eigenvalue weighted by Gasteiger charge is -2.03. The molecule has 0 aliphatic carbocycles. The summed E-state index contributed by atoms with van der Waals surface area (Å²) in [4.78, 5) is 20.3. The quantitative estimate of drug-likeness (QED) is 0.119. The van der Waals surface area contributed by atoms with Crippen LogP contribution >= 0.6 is 0 Å². The molecule has 2 N–H and O–H groups in total. The molecule has 0 radical (unpaired) electrons. The van der Waals surface area contributed by atoms with Crippen molar-refractivity contribution in [3.8, 4) is 0 Å². The molecule has 4 nitrogen and oxygen atoms in total. The third kappa shape index (κ3) is 27.0. The van der Waals surface area contributed by atoms with Crippen molar-refractivity contribution in [2.24, 2.45) is 5.92 Å². The Balaban J connectivity index is 0. The molecule has 0 aromatic rings. The second-order valence-electron chi connectivity index (χ2n) is 9.38. The van der Waals surface area contributed by atoms with Gasteiger partial charge in [-0.3, -0.25) is 9.59 Å². The minimum absolute atomic E-state index is 0.199. The van der Waals surface area contributed by atoms with Crippen molar-refractivity contribution in [1.82, 2.24) is 0 Å². The van der Waals surface area contributed by atoms with Crippen LogP contribution in [0.1, 0.15) is 162 Å². The zero-order valence-corrected chi connectivity index (χ0v) is 21.8. The number of hydrogen-bond donors (Lipinski definition) is 2. The molecule has 0 aliphatic rings. The lowest BCUT2D eigenvalue weighted by atomic mass is 10.0. The van der Waals surface area contributed by atoms with Crippen LogP contribution in [-0.2, 0) is 9.59 Å². The molecule has 32 heavy (non-hydrogen) atoms. The van der Waals surface area contributed by atoms with E-state index in [0.29, 0.717) is 6.42 Å². The number of carboxylic acids is 2. The number of rotatable bonds is 23. The Morgan fingerprint density at radius 1 is 0.438 bits per heavy atom. The molecule has 4 heteroatoms. The Labute approximate surface area is 200 Å². The molecule has 192 valence electrons. The van der Waals surface area contributed by atoms with Crippen LogP contribution in [0.2, 0.25) is 0 Å². The average Bonchev–Trinajstić information content (AvgIpc) is 2.76. The largest absolute Gasteiger partial charge is 0.481 e. The van der Waals surface area contributed by atoms with Crippen molar-refractivity contribution in [2.45, 2.75) is 162 Å². The van der Waals surface area contributed by atoms with Gasteiger partial charge in [0.2, 0.25) is 0 Å². The molecular formula is C28H56O4. The highest BCUT2D eigenvalue weighted by Crippen LogP contribution is 2.14. The maximum atomic E-state index is 10.2. The molecule has 0 aliphatic heterocycles. The molecule has 0 atom stereocenters. The fourth-order valence-corrected chi connectivity index (χ4v) is 3.97. The van der Waals surface area contributed by atoms with Gasteiger partial charge in [0, 0.05) is 0 Å². The second kappa shape index (κ2) is 28.0. The predicted molar refractivity (Wildman–Crippen MR) is 137 cm³/mol. The Hall–Kier alpha value is -1.06. The maximum Gasteiger partial charge on any atom is 0.317 e. The van der Waals surface area contributed by atoms with Gasteiger partial charge in [0.25, 0.3) is 0 Å². The summed E-state index contributed by atoms with van der Waals surface area (Å²) in [7, 11) is 0. The van der Waals surface area contributed by atoms with Gasteiger partial charge in [-0.05, 0) is 6.42 Å². The van der Waals surface area contributed by atoms with Crippen LogP contribution in [0, 0.1) is 5.92 Å². The van der Waals surface area contributed by atoms with Gasteiger partial charge >= 0.3 is 11.9 Å². The molecule has 0 amide bonds. The first-order chi connectivity index (χ1) is 15.5. The minimum Gasteiger partial charge on any atom is -0.481 e. The first-order valence-electron chi connectivity index (χ1n) is 14.0. The average molecular weight is 457 g/mol. The maximum absolute atomic E-state index is 10.2. The molecule has 0 rings (SSSR count). The zero-order valence-electron chi connectivity index (χ0n) is 21.8. The van der Waals surface area contributed by atoms with Crippen molar-refractivity contribution in [1.29, 1.82) is 0 Å². The van der Waals surface area contributed by atoms with Gasteiger partial charge in [0.1, 0.15) is 0 Å². The lowest BCUT2D eigenvalue weighted by Crippen LogP contribution is -2.22. The molecule has 0 saturated carbocycles. The normalized spacial score (nSPS) is 10.8. The van der Waals surface area contributed by atoms with Crippen LogP contribution < -0.4 is 0 Å². The number of hydrogen-bond acceptors (Lipinski definition) is 2. The Kier molecular flexibility index (Phi) is 28.9. The Morgan fingerprint density at radius 2 is 0.656 bits per heavy atom. The highest BCUT2D eigenvalue weighted by Gasteiger charge is 2.23. The number of unbranched alkanes of at least 4 members (excludes halogenated alkanes) is 19. The van der Waals surface area contributed by atoms with Crippen molar-refractivity contribution in [3.63, 3.8) is 0 Å². The third-order valence-corrected chi connectivity index (χ3v) is 6.13. The molecular weight excluding hydrogens is 400 g/mol. The van der Waals surface area contributed by atoms with Crippen LogP contribution in [0.15, 0.2) is 0 Å². The van der Waals surface area contributed by atoms with Gasteiger partial charge in [-0.15, -0.1) is 0 Å². The highest BCUT2D eigenvalue weighted by molar-refractivity contribution is 5.92. The van der Waals surface area contributed by atoms with E-state index in [1.54, 1.807) is 6.92 Å². The first-order valence-corrected chi connectivity index (χ1v) is 14.0. The first kappa shape index (κ1) is 33.1. The number of carboxylic acid groups (broad SMARTS) is 2. The summed E-state index contributed by atoms with van der Waals surface area (Å²) in [6.07, 6.45) is 30.2. The van der Waals surface area contributed by atoms with Crippen LogP contribution in [0.3, 0.4) is 0 Å². The smallest absolute Gasteiger partial charge is 0.317 e. The van der Waals surface area contributed by atoms with Crippen LogP contribution in [-0.4, -0.2) is 22.2 Å².